The van der Waals surface area contributed by atoms with Crippen LogP contribution in [0.25, 0.3) is 4.96 Å². The van der Waals surface area contributed by atoms with E-state index < -0.39 is 11.8 Å². The molecule has 0 radical (unpaired) electrons. The van der Waals surface area contributed by atoms with Gasteiger partial charge in [0.05, 0.1) is 23.4 Å². The monoisotopic (exact) mass is 417 g/mol. The molecule has 30 heavy (non-hydrogen) atoms. The number of imide groups is 1. The summed E-state index contributed by atoms with van der Waals surface area (Å²) < 4.78 is 1.65. The molecule has 3 amide bonds. The third-order valence-corrected chi connectivity index (χ3v) is 5.82. The van der Waals surface area contributed by atoms with E-state index in [-0.39, 0.29) is 29.5 Å². The summed E-state index contributed by atoms with van der Waals surface area (Å²) in [4.78, 5) is 44.3. The Morgan fingerprint density at radius 3 is 2.60 bits per heavy atom. The number of thiazole rings is 1. The summed E-state index contributed by atoms with van der Waals surface area (Å²) in [6, 6.07) is 13.8. The van der Waals surface area contributed by atoms with Crippen molar-refractivity contribution in [1.82, 2.24) is 19.5 Å². The highest BCUT2D eigenvalue weighted by Crippen LogP contribution is 2.26. The van der Waals surface area contributed by atoms with Crippen LogP contribution >= 0.6 is 11.3 Å². The quantitative estimate of drug-likeness (QED) is 0.515. The number of carbonyl (C=O) groups excluding carboxylic acids is 3. The van der Waals surface area contributed by atoms with Gasteiger partial charge in [0.2, 0.25) is 4.96 Å². The van der Waals surface area contributed by atoms with Crippen molar-refractivity contribution >= 4 is 40.0 Å². The molecule has 8 nitrogen and oxygen atoms in total. The SMILES string of the molecule is Cc1csc2nc(NC(=O)c3ccc4c(c3)C(=O)N(Cc3ccccc3)C4=O)nn12. The molecule has 1 N–H and O–H groups in total. The molecule has 2 aromatic heterocycles. The van der Waals surface area contributed by atoms with Crippen LogP contribution < -0.4 is 5.32 Å². The first kappa shape index (κ1) is 18.2. The minimum Gasteiger partial charge on any atom is -0.289 e. The highest BCUT2D eigenvalue weighted by atomic mass is 32.1. The van der Waals surface area contributed by atoms with Crippen molar-refractivity contribution in [2.24, 2.45) is 0 Å². The first-order valence-corrected chi connectivity index (χ1v) is 10.1. The zero-order chi connectivity index (χ0) is 20.8. The van der Waals surface area contributed by atoms with Crippen LogP contribution in [-0.4, -0.2) is 37.2 Å². The molecule has 0 unspecified atom stereocenters. The van der Waals surface area contributed by atoms with Gasteiger partial charge in [-0.25, -0.2) is 4.52 Å². The van der Waals surface area contributed by atoms with Crippen LogP contribution in [0.3, 0.4) is 0 Å². The Kier molecular flexibility index (Phi) is 4.18. The second-order valence-corrected chi connectivity index (χ2v) is 7.74. The summed E-state index contributed by atoms with van der Waals surface area (Å²) in [6.07, 6.45) is 0. The molecule has 0 fully saturated rings. The Morgan fingerprint density at radius 2 is 1.83 bits per heavy atom. The maximum atomic E-state index is 12.8. The fraction of sp³-hybridized carbons (Fsp3) is 0.0952. The number of nitrogens with one attached hydrogen (secondary N) is 1. The van der Waals surface area contributed by atoms with Crippen molar-refractivity contribution in [1.29, 1.82) is 0 Å². The predicted octanol–water partition coefficient (Wildman–Crippen LogP) is 3.15. The highest BCUT2D eigenvalue weighted by Gasteiger charge is 2.36. The minimum absolute atomic E-state index is 0.184. The lowest BCUT2D eigenvalue weighted by Crippen LogP contribution is -2.29. The first-order valence-electron chi connectivity index (χ1n) is 9.17. The van der Waals surface area contributed by atoms with E-state index in [0.717, 1.165) is 11.3 Å². The van der Waals surface area contributed by atoms with Crippen molar-refractivity contribution < 1.29 is 14.4 Å². The molecule has 0 atom stereocenters. The molecule has 1 aliphatic rings. The molecule has 0 saturated heterocycles. The van der Waals surface area contributed by atoms with E-state index in [1.54, 1.807) is 4.52 Å². The topological polar surface area (TPSA) is 96.7 Å². The van der Waals surface area contributed by atoms with Crippen LogP contribution in [0.2, 0.25) is 0 Å². The average Bonchev–Trinajstić information content (AvgIpc) is 3.38. The van der Waals surface area contributed by atoms with Crippen molar-refractivity contribution in [3.63, 3.8) is 0 Å². The first-order chi connectivity index (χ1) is 14.5. The molecule has 2 aromatic carbocycles. The number of benzene rings is 2. The summed E-state index contributed by atoms with van der Waals surface area (Å²) in [5.74, 6) is -1.04. The number of nitrogens with zero attached hydrogens (tertiary/aromatic N) is 4. The van der Waals surface area contributed by atoms with Gasteiger partial charge in [-0.15, -0.1) is 16.4 Å². The maximum absolute atomic E-state index is 12.8. The second-order valence-electron chi connectivity index (χ2n) is 6.90. The predicted molar refractivity (Wildman–Crippen MR) is 111 cm³/mol. The molecule has 5 rings (SSSR count). The molecule has 0 spiro atoms. The summed E-state index contributed by atoms with van der Waals surface area (Å²) in [5.41, 5.74) is 2.54. The van der Waals surface area contributed by atoms with Gasteiger partial charge >= 0.3 is 0 Å². The summed E-state index contributed by atoms with van der Waals surface area (Å²) in [7, 11) is 0. The summed E-state index contributed by atoms with van der Waals surface area (Å²) in [5, 5.41) is 8.82. The van der Waals surface area contributed by atoms with Gasteiger partial charge in [-0.05, 0) is 30.7 Å². The molecular formula is C21H15N5O3S. The molecule has 148 valence electrons. The van der Waals surface area contributed by atoms with Crippen LogP contribution in [0.4, 0.5) is 5.95 Å². The van der Waals surface area contributed by atoms with Gasteiger partial charge in [0.1, 0.15) is 0 Å². The normalized spacial score (nSPS) is 13.2. The summed E-state index contributed by atoms with van der Waals surface area (Å²) >= 11 is 1.43. The lowest BCUT2D eigenvalue weighted by molar-refractivity contribution is 0.0642. The molecule has 0 aliphatic carbocycles. The van der Waals surface area contributed by atoms with E-state index in [1.807, 2.05) is 42.6 Å². The van der Waals surface area contributed by atoms with E-state index in [0.29, 0.717) is 10.5 Å². The molecule has 0 bridgehead atoms. The Labute approximate surface area is 174 Å². The Balaban J connectivity index is 1.38. The van der Waals surface area contributed by atoms with Gasteiger partial charge in [0.15, 0.2) is 0 Å². The third-order valence-electron chi connectivity index (χ3n) is 4.89. The van der Waals surface area contributed by atoms with Crippen molar-refractivity contribution in [3.05, 3.63) is 81.9 Å². The number of anilines is 1. The molecule has 4 aromatic rings. The molecule has 3 heterocycles. The number of aryl methyl sites for hydroxylation is 1. The number of carbonyl (C=O) groups is 3. The smallest absolute Gasteiger partial charge is 0.261 e. The van der Waals surface area contributed by atoms with Gasteiger partial charge in [-0.3, -0.25) is 24.6 Å². The standard InChI is InChI=1S/C21H15N5O3S/c1-12-11-30-21-23-20(24-26(12)21)22-17(27)14-7-8-15-16(9-14)19(29)25(18(15)28)10-13-5-3-2-4-6-13/h2-9,11H,10H2,1H3,(H,22,24,27). The van der Waals surface area contributed by atoms with E-state index in [1.165, 1.54) is 34.4 Å². The zero-order valence-electron chi connectivity index (χ0n) is 15.8. The van der Waals surface area contributed by atoms with Crippen LogP contribution in [0, 0.1) is 6.92 Å². The Hall–Kier alpha value is -3.85. The van der Waals surface area contributed by atoms with Gasteiger partial charge < -0.3 is 0 Å². The number of fused-ring (bicyclic) bond motifs is 2. The zero-order valence-corrected chi connectivity index (χ0v) is 16.6. The van der Waals surface area contributed by atoms with Crippen LogP contribution in [0.5, 0.6) is 0 Å². The molecule has 1 aliphatic heterocycles. The summed E-state index contributed by atoms with van der Waals surface area (Å²) in [6.45, 7) is 2.08. The number of aromatic nitrogens is 3. The van der Waals surface area contributed by atoms with Gasteiger partial charge in [-0.2, -0.15) is 4.98 Å². The van der Waals surface area contributed by atoms with E-state index >= 15 is 0 Å². The largest absolute Gasteiger partial charge is 0.289 e. The Bertz CT molecular complexity index is 1330. The fourth-order valence-electron chi connectivity index (χ4n) is 3.36. The second kappa shape index (κ2) is 6.89. The van der Waals surface area contributed by atoms with Gasteiger partial charge in [0, 0.05) is 10.9 Å². The Morgan fingerprint density at radius 1 is 1.07 bits per heavy atom. The van der Waals surface area contributed by atoms with Crippen LogP contribution in [-0.2, 0) is 6.54 Å². The van der Waals surface area contributed by atoms with Crippen molar-refractivity contribution in [2.75, 3.05) is 5.32 Å². The van der Waals surface area contributed by atoms with E-state index in [4.69, 9.17) is 0 Å². The van der Waals surface area contributed by atoms with Gasteiger partial charge in [-0.1, -0.05) is 30.3 Å². The number of hydrogen-bond donors (Lipinski definition) is 1. The van der Waals surface area contributed by atoms with E-state index in [2.05, 4.69) is 15.4 Å². The van der Waals surface area contributed by atoms with Crippen LogP contribution in [0.1, 0.15) is 42.3 Å². The average molecular weight is 417 g/mol. The fourth-order valence-corrected chi connectivity index (χ4v) is 4.16. The molecule has 9 heteroatoms. The lowest BCUT2D eigenvalue weighted by atomic mass is 10.1. The van der Waals surface area contributed by atoms with Crippen molar-refractivity contribution in [3.8, 4) is 0 Å². The lowest BCUT2D eigenvalue weighted by Gasteiger charge is -2.13. The number of amides is 3. The molecule has 0 saturated carbocycles. The van der Waals surface area contributed by atoms with Crippen LogP contribution in [0.15, 0.2) is 53.9 Å². The van der Waals surface area contributed by atoms with E-state index in [9.17, 15) is 14.4 Å². The van der Waals surface area contributed by atoms with Gasteiger partial charge in [0.25, 0.3) is 23.7 Å². The number of hydrogen-bond acceptors (Lipinski definition) is 6. The number of rotatable bonds is 4. The van der Waals surface area contributed by atoms with Crippen molar-refractivity contribution in [2.45, 2.75) is 13.5 Å². The highest BCUT2D eigenvalue weighted by molar-refractivity contribution is 7.15. The maximum Gasteiger partial charge on any atom is 0.261 e. The third kappa shape index (κ3) is 2.96. The minimum atomic E-state index is -0.449. The molecular weight excluding hydrogens is 402 g/mol.